The van der Waals surface area contributed by atoms with Gasteiger partial charge in [0.25, 0.3) is 0 Å². The summed E-state index contributed by atoms with van der Waals surface area (Å²) in [5.74, 6) is 0. The van der Waals surface area contributed by atoms with Crippen LogP contribution in [-0.4, -0.2) is 6.54 Å². The first-order chi connectivity index (χ1) is 9.04. The number of hydrogen-bond acceptors (Lipinski definition) is 1. The first kappa shape index (κ1) is 16.1. The third kappa shape index (κ3) is 6.66. The molecule has 1 N–H and O–H groups in total. The quantitative estimate of drug-likeness (QED) is 0.587. The van der Waals surface area contributed by atoms with Gasteiger partial charge < -0.3 is 5.32 Å². The molecule has 1 aromatic rings. The minimum Gasteiger partial charge on any atom is -0.385 e. The maximum absolute atomic E-state index is 3.51. The van der Waals surface area contributed by atoms with Gasteiger partial charge in [-0.3, -0.25) is 0 Å². The van der Waals surface area contributed by atoms with Gasteiger partial charge in [-0.2, -0.15) is 0 Å². The predicted molar refractivity (Wildman–Crippen MR) is 87.0 cm³/mol. The van der Waals surface area contributed by atoms with Crippen molar-refractivity contribution in [3.05, 3.63) is 29.8 Å². The van der Waals surface area contributed by atoms with Gasteiger partial charge in [0.05, 0.1) is 0 Å². The molecule has 0 aliphatic heterocycles. The van der Waals surface area contributed by atoms with Crippen LogP contribution in [0.25, 0.3) is 0 Å². The first-order valence-corrected chi connectivity index (χ1v) is 7.88. The topological polar surface area (TPSA) is 12.0 Å². The molecule has 1 aromatic carbocycles. The van der Waals surface area contributed by atoms with E-state index in [0.29, 0.717) is 0 Å². The maximum Gasteiger partial charge on any atom is 0.0340 e. The Morgan fingerprint density at radius 1 is 0.842 bits per heavy atom. The summed E-state index contributed by atoms with van der Waals surface area (Å²) in [6.45, 7) is 10.1. The lowest BCUT2D eigenvalue weighted by atomic mass is 9.87. The highest BCUT2D eigenvalue weighted by atomic mass is 14.9. The second kappa shape index (κ2) is 8.24. The maximum atomic E-state index is 3.51. The first-order valence-electron chi connectivity index (χ1n) is 7.88. The van der Waals surface area contributed by atoms with E-state index in [-0.39, 0.29) is 5.41 Å². The van der Waals surface area contributed by atoms with Gasteiger partial charge in [0.1, 0.15) is 0 Å². The minimum absolute atomic E-state index is 0.248. The van der Waals surface area contributed by atoms with E-state index in [1.807, 2.05) is 0 Å². The van der Waals surface area contributed by atoms with Crippen molar-refractivity contribution in [1.82, 2.24) is 0 Å². The lowest BCUT2D eigenvalue weighted by Gasteiger charge is -2.19. The fraction of sp³-hybridized carbons (Fsp3) is 0.667. The van der Waals surface area contributed by atoms with E-state index in [4.69, 9.17) is 0 Å². The SMILES string of the molecule is CCCCCCCCNc1ccc(C(C)(C)C)cc1. The van der Waals surface area contributed by atoms with Gasteiger partial charge in [0, 0.05) is 12.2 Å². The van der Waals surface area contributed by atoms with Crippen LogP contribution in [0.3, 0.4) is 0 Å². The molecule has 0 amide bonds. The summed E-state index contributed by atoms with van der Waals surface area (Å²) in [6.07, 6.45) is 8.15. The van der Waals surface area contributed by atoms with Crippen molar-refractivity contribution in [2.24, 2.45) is 0 Å². The minimum atomic E-state index is 0.248. The van der Waals surface area contributed by atoms with Gasteiger partial charge in [-0.05, 0) is 29.5 Å². The monoisotopic (exact) mass is 261 g/mol. The predicted octanol–water partition coefficient (Wildman–Crippen LogP) is 5.76. The Labute approximate surface area is 119 Å². The van der Waals surface area contributed by atoms with E-state index in [1.165, 1.54) is 49.8 Å². The largest absolute Gasteiger partial charge is 0.385 e. The Hall–Kier alpha value is -0.980. The molecule has 0 unspecified atom stereocenters. The molecule has 1 nitrogen and oxygen atoms in total. The van der Waals surface area contributed by atoms with Crippen molar-refractivity contribution >= 4 is 5.69 Å². The Morgan fingerprint density at radius 2 is 1.42 bits per heavy atom. The van der Waals surface area contributed by atoms with Crippen LogP contribution in [-0.2, 0) is 5.41 Å². The highest BCUT2D eigenvalue weighted by Gasteiger charge is 2.12. The molecule has 0 saturated heterocycles. The molecule has 1 heteroatoms. The summed E-state index contributed by atoms with van der Waals surface area (Å²) in [4.78, 5) is 0. The van der Waals surface area contributed by atoms with Gasteiger partial charge in [-0.1, -0.05) is 71.9 Å². The van der Waals surface area contributed by atoms with Crippen molar-refractivity contribution in [3.63, 3.8) is 0 Å². The zero-order chi connectivity index (χ0) is 14.1. The van der Waals surface area contributed by atoms with Gasteiger partial charge in [-0.15, -0.1) is 0 Å². The summed E-state index contributed by atoms with van der Waals surface area (Å²) < 4.78 is 0. The molecule has 0 bridgehead atoms. The summed E-state index contributed by atoms with van der Waals surface area (Å²) in [5, 5.41) is 3.51. The highest BCUT2D eigenvalue weighted by Crippen LogP contribution is 2.23. The van der Waals surface area contributed by atoms with Crippen molar-refractivity contribution < 1.29 is 0 Å². The van der Waals surface area contributed by atoms with Crippen molar-refractivity contribution in [3.8, 4) is 0 Å². The fourth-order valence-electron chi connectivity index (χ4n) is 2.23. The second-order valence-electron chi connectivity index (χ2n) is 6.52. The number of anilines is 1. The number of benzene rings is 1. The molecule has 0 fully saturated rings. The molecule has 108 valence electrons. The van der Waals surface area contributed by atoms with E-state index < -0.39 is 0 Å². The Kier molecular flexibility index (Phi) is 6.97. The van der Waals surface area contributed by atoms with Crippen LogP contribution < -0.4 is 5.32 Å². The molecule has 0 saturated carbocycles. The molecular formula is C18H31N. The second-order valence-corrected chi connectivity index (χ2v) is 6.52. The number of hydrogen-bond donors (Lipinski definition) is 1. The summed E-state index contributed by atoms with van der Waals surface area (Å²) >= 11 is 0. The Balaban J connectivity index is 2.20. The summed E-state index contributed by atoms with van der Waals surface area (Å²) in [6, 6.07) is 8.89. The van der Waals surface area contributed by atoms with Crippen LogP contribution in [0.2, 0.25) is 0 Å². The lowest BCUT2D eigenvalue weighted by Crippen LogP contribution is -2.11. The summed E-state index contributed by atoms with van der Waals surface area (Å²) in [5.41, 5.74) is 2.90. The van der Waals surface area contributed by atoms with E-state index in [1.54, 1.807) is 0 Å². The van der Waals surface area contributed by atoms with Crippen LogP contribution >= 0.6 is 0 Å². The Bertz CT molecular complexity index is 332. The molecular weight excluding hydrogens is 230 g/mol. The van der Waals surface area contributed by atoms with Crippen LogP contribution in [0.5, 0.6) is 0 Å². The van der Waals surface area contributed by atoms with Gasteiger partial charge >= 0.3 is 0 Å². The van der Waals surface area contributed by atoms with Crippen LogP contribution in [0.4, 0.5) is 5.69 Å². The van der Waals surface area contributed by atoms with Crippen molar-refractivity contribution in [2.75, 3.05) is 11.9 Å². The smallest absolute Gasteiger partial charge is 0.0340 e. The number of rotatable bonds is 8. The van der Waals surface area contributed by atoms with Crippen LogP contribution in [0.1, 0.15) is 71.8 Å². The molecule has 19 heavy (non-hydrogen) atoms. The summed E-state index contributed by atoms with van der Waals surface area (Å²) in [7, 11) is 0. The van der Waals surface area contributed by atoms with Crippen LogP contribution in [0.15, 0.2) is 24.3 Å². The van der Waals surface area contributed by atoms with Crippen molar-refractivity contribution in [1.29, 1.82) is 0 Å². The highest BCUT2D eigenvalue weighted by molar-refractivity contribution is 5.45. The molecule has 0 spiro atoms. The zero-order valence-corrected chi connectivity index (χ0v) is 13.3. The standard InChI is InChI=1S/C18H31N/c1-5-6-7-8-9-10-15-19-17-13-11-16(12-14-17)18(2,3)4/h11-14,19H,5-10,15H2,1-4H3. The molecule has 0 aliphatic rings. The zero-order valence-electron chi connectivity index (χ0n) is 13.3. The number of nitrogens with one attached hydrogen (secondary N) is 1. The van der Waals surface area contributed by atoms with E-state index in [2.05, 4.69) is 57.3 Å². The van der Waals surface area contributed by atoms with E-state index >= 15 is 0 Å². The van der Waals surface area contributed by atoms with E-state index in [0.717, 1.165) is 6.54 Å². The van der Waals surface area contributed by atoms with Gasteiger partial charge in [0.15, 0.2) is 0 Å². The molecule has 1 rings (SSSR count). The molecule has 0 heterocycles. The average Bonchev–Trinajstić information content (AvgIpc) is 2.37. The molecule has 0 radical (unpaired) electrons. The third-order valence-electron chi connectivity index (χ3n) is 3.61. The normalized spacial score (nSPS) is 11.6. The lowest BCUT2D eigenvalue weighted by molar-refractivity contribution is 0.590. The Morgan fingerprint density at radius 3 is 2.00 bits per heavy atom. The number of unbranched alkanes of at least 4 members (excludes halogenated alkanes) is 5. The molecule has 0 atom stereocenters. The fourth-order valence-corrected chi connectivity index (χ4v) is 2.23. The van der Waals surface area contributed by atoms with E-state index in [9.17, 15) is 0 Å². The average molecular weight is 261 g/mol. The third-order valence-corrected chi connectivity index (χ3v) is 3.61. The molecule has 0 aromatic heterocycles. The molecule has 0 aliphatic carbocycles. The van der Waals surface area contributed by atoms with Crippen LogP contribution in [0, 0.1) is 0 Å². The van der Waals surface area contributed by atoms with Gasteiger partial charge in [-0.25, -0.2) is 0 Å². The van der Waals surface area contributed by atoms with Gasteiger partial charge in [0.2, 0.25) is 0 Å². The van der Waals surface area contributed by atoms with Crippen molar-refractivity contribution in [2.45, 2.75) is 71.6 Å².